The zero-order valence-electron chi connectivity index (χ0n) is 11.7. The molecule has 0 saturated carbocycles. The number of piperidine rings is 1. The minimum Gasteiger partial charge on any atom is -0.451 e. The molecule has 5 nitrogen and oxygen atoms in total. The second-order valence-corrected chi connectivity index (χ2v) is 5.58. The summed E-state index contributed by atoms with van der Waals surface area (Å²) in [4.78, 5) is 25.3. The molecule has 2 amide bonds. The summed E-state index contributed by atoms with van der Waals surface area (Å²) in [7, 11) is 0. The minimum atomic E-state index is -0.307. The highest BCUT2D eigenvalue weighted by molar-refractivity contribution is 5.96. The van der Waals surface area contributed by atoms with Gasteiger partial charge in [0.1, 0.15) is 5.58 Å². The number of benzene rings is 1. The third-order valence-corrected chi connectivity index (χ3v) is 3.93. The zero-order chi connectivity index (χ0) is 14.8. The van der Waals surface area contributed by atoms with E-state index >= 15 is 0 Å². The fourth-order valence-corrected chi connectivity index (χ4v) is 2.94. The van der Waals surface area contributed by atoms with Crippen molar-refractivity contribution in [1.82, 2.24) is 4.90 Å². The zero-order valence-corrected chi connectivity index (χ0v) is 11.7. The number of furan rings is 1. The normalized spacial score (nSPS) is 18.9. The number of carbonyl (C=O) groups is 2. The van der Waals surface area contributed by atoms with Crippen LogP contribution in [-0.4, -0.2) is 29.8 Å². The maximum atomic E-state index is 12.5. The van der Waals surface area contributed by atoms with Crippen molar-refractivity contribution in [3.63, 3.8) is 0 Å². The molecule has 1 aliphatic heterocycles. The van der Waals surface area contributed by atoms with Gasteiger partial charge < -0.3 is 15.1 Å². The molecular formula is C16H18N2O3. The van der Waals surface area contributed by atoms with Crippen LogP contribution in [0.2, 0.25) is 0 Å². The number of amides is 2. The summed E-state index contributed by atoms with van der Waals surface area (Å²) in [6.45, 7) is 1.27. The Labute approximate surface area is 122 Å². The molecule has 1 saturated heterocycles. The van der Waals surface area contributed by atoms with Gasteiger partial charge in [0, 0.05) is 24.9 Å². The second-order valence-electron chi connectivity index (χ2n) is 5.58. The van der Waals surface area contributed by atoms with Gasteiger partial charge in [0.05, 0.1) is 0 Å². The fraction of sp³-hybridized carbons (Fsp3) is 0.375. The Morgan fingerprint density at radius 3 is 2.90 bits per heavy atom. The molecule has 1 unspecified atom stereocenters. The van der Waals surface area contributed by atoms with Crippen LogP contribution in [0.1, 0.15) is 29.8 Å². The molecule has 1 aromatic carbocycles. The molecule has 0 radical (unpaired) electrons. The first-order chi connectivity index (χ1) is 10.1. The lowest BCUT2D eigenvalue weighted by molar-refractivity contribution is -0.119. The van der Waals surface area contributed by atoms with E-state index in [1.807, 2.05) is 24.3 Å². The molecule has 110 valence electrons. The highest BCUT2D eigenvalue weighted by atomic mass is 16.3. The van der Waals surface area contributed by atoms with Gasteiger partial charge in [-0.2, -0.15) is 0 Å². The van der Waals surface area contributed by atoms with Crippen LogP contribution >= 0.6 is 0 Å². The van der Waals surface area contributed by atoms with E-state index in [9.17, 15) is 9.59 Å². The largest absolute Gasteiger partial charge is 0.451 e. The summed E-state index contributed by atoms with van der Waals surface area (Å²) in [5, 5.41) is 0.923. The average molecular weight is 286 g/mol. The molecule has 2 heterocycles. The van der Waals surface area contributed by atoms with Gasteiger partial charge in [-0.25, -0.2) is 0 Å². The molecule has 1 fully saturated rings. The number of hydrogen-bond donors (Lipinski definition) is 1. The van der Waals surface area contributed by atoms with Crippen LogP contribution in [0, 0.1) is 5.92 Å². The van der Waals surface area contributed by atoms with Crippen LogP contribution in [0.4, 0.5) is 0 Å². The molecule has 2 aromatic rings. The highest BCUT2D eigenvalue weighted by Gasteiger charge is 2.27. The molecule has 21 heavy (non-hydrogen) atoms. The molecule has 0 bridgehead atoms. The molecule has 0 spiro atoms. The van der Waals surface area contributed by atoms with Gasteiger partial charge in [0.15, 0.2) is 5.76 Å². The van der Waals surface area contributed by atoms with E-state index in [0.29, 0.717) is 30.9 Å². The van der Waals surface area contributed by atoms with Crippen LogP contribution in [0.3, 0.4) is 0 Å². The van der Waals surface area contributed by atoms with Gasteiger partial charge in [-0.15, -0.1) is 0 Å². The number of para-hydroxylation sites is 1. The number of hydrogen-bond acceptors (Lipinski definition) is 3. The van der Waals surface area contributed by atoms with Crippen molar-refractivity contribution in [1.29, 1.82) is 0 Å². The monoisotopic (exact) mass is 286 g/mol. The Hall–Kier alpha value is -2.30. The fourth-order valence-electron chi connectivity index (χ4n) is 2.94. The molecule has 5 heteroatoms. The van der Waals surface area contributed by atoms with Gasteiger partial charge >= 0.3 is 0 Å². The molecule has 2 N–H and O–H groups in total. The lowest BCUT2D eigenvalue weighted by Crippen LogP contribution is -2.40. The first-order valence-corrected chi connectivity index (χ1v) is 7.19. The van der Waals surface area contributed by atoms with Crippen molar-refractivity contribution < 1.29 is 14.0 Å². The summed E-state index contributed by atoms with van der Waals surface area (Å²) >= 11 is 0. The molecular weight excluding hydrogens is 268 g/mol. The van der Waals surface area contributed by atoms with Crippen molar-refractivity contribution in [2.45, 2.75) is 19.3 Å². The molecule has 3 rings (SSSR count). The Morgan fingerprint density at radius 1 is 1.33 bits per heavy atom. The topological polar surface area (TPSA) is 76.5 Å². The predicted molar refractivity (Wildman–Crippen MR) is 78.7 cm³/mol. The average Bonchev–Trinajstić information content (AvgIpc) is 2.90. The molecule has 1 atom stereocenters. The number of likely N-dealkylation sites (tertiary alicyclic amines) is 1. The summed E-state index contributed by atoms with van der Waals surface area (Å²) in [6, 6.07) is 9.33. The van der Waals surface area contributed by atoms with Gasteiger partial charge in [-0.05, 0) is 30.9 Å². The predicted octanol–water partition coefficient (Wildman–Crippen LogP) is 2.16. The van der Waals surface area contributed by atoms with E-state index in [0.717, 1.165) is 18.2 Å². The first-order valence-electron chi connectivity index (χ1n) is 7.19. The first kappa shape index (κ1) is 13.7. The second kappa shape index (κ2) is 5.60. The van der Waals surface area contributed by atoms with Crippen LogP contribution < -0.4 is 5.73 Å². The number of rotatable bonds is 3. The van der Waals surface area contributed by atoms with Crippen LogP contribution in [0.15, 0.2) is 34.7 Å². The minimum absolute atomic E-state index is 0.111. The Morgan fingerprint density at radius 2 is 2.14 bits per heavy atom. The third-order valence-electron chi connectivity index (χ3n) is 3.93. The summed E-state index contributed by atoms with van der Waals surface area (Å²) < 4.78 is 5.62. The highest BCUT2D eigenvalue weighted by Crippen LogP contribution is 2.24. The summed E-state index contributed by atoms with van der Waals surface area (Å²) in [6.07, 6.45) is 2.17. The van der Waals surface area contributed by atoms with Crippen molar-refractivity contribution in [2.24, 2.45) is 11.7 Å². The molecule has 0 aliphatic carbocycles. The standard InChI is InChI=1S/C16H18N2O3/c17-15(19)8-11-4-3-7-18(10-11)16(20)14-9-12-5-1-2-6-13(12)21-14/h1-2,5-6,9,11H,3-4,7-8,10H2,(H2,17,19). The van der Waals surface area contributed by atoms with Gasteiger partial charge in [-0.3, -0.25) is 9.59 Å². The maximum Gasteiger partial charge on any atom is 0.289 e. The van der Waals surface area contributed by atoms with Crippen LogP contribution in [-0.2, 0) is 4.79 Å². The molecule has 1 aromatic heterocycles. The SMILES string of the molecule is NC(=O)CC1CCCN(C(=O)c2cc3ccccc3o2)C1. The number of fused-ring (bicyclic) bond motifs is 1. The van der Waals surface area contributed by atoms with Crippen molar-refractivity contribution in [3.05, 3.63) is 36.1 Å². The summed E-state index contributed by atoms with van der Waals surface area (Å²) in [5.74, 6) is 0.0962. The number of carbonyl (C=O) groups excluding carboxylic acids is 2. The smallest absolute Gasteiger partial charge is 0.289 e. The van der Waals surface area contributed by atoms with E-state index in [1.165, 1.54) is 0 Å². The maximum absolute atomic E-state index is 12.5. The van der Waals surface area contributed by atoms with Crippen molar-refractivity contribution in [2.75, 3.05) is 13.1 Å². The molecule has 1 aliphatic rings. The quantitative estimate of drug-likeness (QED) is 0.939. The van der Waals surface area contributed by atoms with E-state index in [1.54, 1.807) is 11.0 Å². The lowest BCUT2D eigenvalue weighted by Gasteiger charge is -2.31. The van der Waals surface area contributed by atoms with E-state index < -0.39 is 0 Å². The van der Waals surface area contributed by atoms with Gasteiger partial charge in [0.2, 0.25) is 5.91 Å². The van der Waals surface area contributed by atoms with Crippen molar-refractivity contribution in [3.8, 4) is 0 Å². The summed E-state index contributed by atoms with van der Waals surface area (Å²) in [5.41, 5.74) is 5.96. The lowest BCUT2D eigenvalue weighted by atomic mass is 9.94. The van der Waals surface area contributed by atoms with Crippen LogP contribution in [0.25, 0.3) is 11.0 Å². The number of nitrogens with zero attached hydrogens (tertiary/aromatic N) is 1. The third kappa shape index (κ3) is 2.91. The van der Waals surface area contributed by atoms with Gasteiger partial charge in [0.25, 0.3) is 5.91 Å². The van der Waals surface area contributed by atoms with E-state index in [4.69, 9.17) is 10.2 Å². The Balaban J connectivity index is 1.76. The Bertz CT molecular complexity index is 644. The van der Waals surface area contributed by atoms with E-state index in [2.05, 4.69) is 0 Å². The van der Waals surface area contributed by atoms with Gasteiger partial charge in [-0.1, -0.05) is 18.2 Å². The van der Waals surface area contributed by atoms with Crippen LogP contribution in [0.5, 0.6) is 0 Å². The number of nitrogens with two attached hydrogens (primary N) is 1. The number of primary amides is 1. The van der Waals surface area contributed by atoms with E-state index in [-0.39, 0.29) is 17.7 Å². The van der Waals surface area contributed by atoms with Crippen molar-refractivity contribution >= 4 is 22.8 Å². The Kier molecular flexibility index (Phi) is 3.64.